The second-order valence-electron chi connectivity index (χ2n) is 4.87. The van der Waals surface area contributed by atoms with Gasteiger partial charge in [0.25, 0.3) is 5.91 Å². The van der Waals surface area contributed by atoms with Gasteiger partial charge in [-0.2, -0.15) is 0 Å². The van der Waals surface area contributed by atoms with Gasteiger partial charge in [-0.25, -0.2) is 4.98 Å². The number of nitrogens with one attached hydrogen (secondary N) is 2. The minimum atomic E-state index is -0.244. The number of halogens is 1. The van der Waals surface area contributed by atoms with Crippen molar-refractivity contribution in [3.8, 4) is 0 Å². The van der Waals surface area contributed by atoms with Gasteiger partial charge >= 0.3 is 0 Å². The first-order chi connectivity index (χ1) is 10.0. The van der Waals surface area contributed by atoms with Crippen LogP contribution in [0.3, 0.4) is 0 Å². The Bertz CT molecular complexity index is 759. The molecule has 3 rings (SSSR count). The smallest absolute Gasteiger partial charge is 0.256 e. The molecule has 1 aromatic heterocycles. The second kappa shape index (κ2) is 5.29. The van der Waals surface area contributed by atoms with Crippen LogP contribution in [-0.4, -0.2) is 16.8 Å². The van der Waals surface area contributed by atoms with Crippen LogP contribution in [0.15, 0.2) is 34.9 Å². The third-order valence-corrected chi connectivity index (χ3v) is 4.11. The van der Waals surface area contributed by atoms with Crippen LogP contribution in [0.1, 0.15) is 21.5 Å². The van der Waals surface area contributed by atoms with E-state index in [2.05, 4.69) is 31.5 Å². The number of fused-ring (bicyclic) bond motifs is 1. The van der Waals surface area contributed by atoms with E-state index in [1.165, 1.54) is 0 Å². The highest BCUT2D eigenvalue weighted by Crippen LogP contribution is 2.24. The van der Waals surface area contributed by atoms with Crippen molar-refractivity contribution in [2.45, 2.75) is 13.3 Å². The quantitative estimate of drug-likeness (QED) is 0.878. The Kier molecular flexibility index (Phi) is 3.47. The number of hydrogen-bond donors (Lipinski definition) is 2. The van der Waals surface area contributed by atoms with Crippen molar-refractivity contribution in [3.63, 3.8) is 0 Å². The molecule has 1 aliphatic rings. The van der Waals surface area contributed by atoms with Gasteiger partial charge in [0.1, 0.15) is 5.82 Å². The number of aromatic nitrogens is 1. The van der Waals surface area contributed by atoms with Gasteiger partial charge < -0.3 is 10.6 Å². The molecule has 0 saturated carbocycles. The molecule has 21 heavy (non-hydrogen) atoms. The van der Waals surface area contributed by atoms with Crippen LogP contribution >= 0.6 is 15.9 Å². The Morgan fingerprint density at radius 2 is 2.19 bits per heavy atom. The maximum absolute atomic E-state index is 12.2. The SMILES string of the molecule is Cc1cc(NC(=O)c2ccc3c(c2)CC(=O)N3)ncc1Br. The fourth-order valence-electron chi connectivity index (χ4n) is 2.17. The number of anilines is 2. The molecule has 0 radical (unpaired) electrons. The number of carbonyl (C=O) groups excluding carboxylic acids is 2. The van der Waals surface area contributed by atoms with Crippen LogP contribution in [0, 0.1) is 6.92 Å². The fraction of sp³-hybridized carbons (Fsp3) is 0.133. The van der Waals surface area contributed by atoms with Crippen molar-refractivity contribution in [1.82, 2.24) is 4.98 Å². The van der Waals surface area contributed by atoms with E-state index in [0.717, 1.165) is 21.3 Å². The van der Waals surface area contributed by atoms with Gasteiger partial charge in [0, 0.05) is 21.9 Å². The molecular formula is C15H12BrN3O2. The summed E-state index contributed by atoms with van der Waals surface area (Å²) in [6, 6.07) is 6.95. The number of carbonyl (C=O) groups is 2. The van der Waals surface area contributed by atoms with Crippen LogP contribution in [0.5, 0.6) is 0 Å². The molecule has 2 N–H and O–H groups in total. The fourth-order valence-corrected chi connectivity index (χ4v) is 2.38. The number of amides is 2. The summed E-state index contributed by atoms with van der Waals surface area (Å²) in [4.78, 5) is 27.7. The molecule has 1 aromatic carbocycles. The Labute approximate surface area is 129 Å². The highest BCUT2D eigenvalue weighted by Gasteiger charge is 2.19. The predicted octanol–water partition coefficient (Wildman–Crippen LogP) is 2.90. The third kappa shape index (κ3) is 2.80. The van der Waals surface area contributed by atoms with Crippen molar-refractivity contribution >= 4 is 39.2 Å². The number of pyridine rings is 1. The van der Waals surface area contributed by atoms with Gasteiger partial charge in [0.15, 0.2) is 0 Å². The lowest BCUT2D eigenvalue weighted by Crippen LogP contribution is -2.13. The third-order valence-electron chi connectivity index (χ3n) is 3.28. The Morgan fingerprint density at radius 3 is 2.95 bits per heavy atom. The zero-order chi connectivity index (χ0) is 15.0. The maximum atomic E-state index is 12.2. The maximum Gasteiger partial charge on any atom is 0.256 e. The minimum absolute atomic E-state index is 0.0484. The van der Waals surface area contributed by atoms with Crippen LogP contribution in [0.2, 0.25) is 0 Å². The van der Waals surface area contributed by atoms with Gasteiger partial charge in [0.05, 0.1) is 6.42 Å². The van der Waals surface area contributed by atoms with E-state index in [-0.39, 0.29) is 11.8 Å². The molecule has 5 nitrogen and oxygen atoms in total. The number of benzene rings is 1. The predicted molar refractivity (Wildman–Crippen MR) is 83.4 cm³/mol. The second-order valence-corrected chi connectivity index (χ2v) is 5.72. The molecule has 0 bridgehead atoms. The van der Waals surface area contributed by atoms with Crippen molar-refractivity contribution < 1.29 is 9.59 Å². The van der Waals surface area contributed by atoms with Crippen molar-refractivity contribution in [1.29, 1.82) is 0 Å². The summed E-state index contributed by atoms with van der Waals surface area (Å²) in [5, 5.41) is 5.49. The van der Waals surface area contributed by atoms with E-state index in [9.17, 15) is 9.59 Å². The molecule has 2 heterocycles. The van der Waals surface area contributed by atoms with Crippen molar-refractivity contribution in [2.75, 3.05) is 10.6 Å². The molecule has 0 saturated heterocycles. The summed E-state index contributed by atoms with van der Waals surface area (Å²) in [6.07, 6.45) is 1.96. The summed E-state index contributed by atoms with van der Waals surface area (Å²) in [7, 11) is 0. The molecule has 1 aliphatic heterocycles. The summed E-state index contributed by atoms with van der Waals surface area (Å²) in [5.41, 5.74) is 3.11. The number of aryl methyl sites for hydroxylation is 1. The lowest BCUT2D eigenvalue weighted by molar-refractivity contribution is -0.115. The van der Waals surface area contributed by atoms with Gasteiger partial charge in [-0.1, -0.05) is 0 Å². The zero-order valence-electron chi connectivity index (χ0n) is 11.2. The van der Waals surface area contributed by atoms with Crippen LogP contribution < -0.4 is 10.6 Å². The molecule has 106 valence electrons. The van der Waals surface area contributed by atoms with E-state index in [1.54, 1.807) is 30.5 Å². The van der Waals surface area contributed by atoms with Crippen LogP contribution in [0.25, 0.3) is 0 Å². The van der Waals surface area contributed by atoms with Crippen molar-refractivity contribution in [2.24, 2.45) is 0 Å². The number of nitrogens with zero attached hydrogens (tertiary/aromatic N) is 1. The average molecular weight is 346 g/mol. The Morgan fingerprint density at radius 1 is 1.38 bits per heavy atom. The molecule has 0 aliphatic carbocycles. The Balaban J connectivity index is 1.81. The average Bonchev–Trinajstić information content (AvgIpc) is 2.82. The van der Waals surface area contributed by atoms with Gasteiger partial charge in [0.2, 0.25) is 5.91 Å². The lowest BCUT2D eigenvalue weighted by Gasteiger charge is -2.07. The van der Waals surface area contributed by atoms with E-state index < -0.39 is 0 Å². The van der Waals surface area contributed by atoms with E-state index >= 15 is 0 Å². The monoisotopic (exact) mass is 345 g/mol. The molecule has 0 unspecified atom stereocenters. The van der Waals surface area contributed by atoms with Crippen LogP contribution in [0.4, 0.5) is 11.5 Å². The van der Waals surface area contributed by atoms with Gasteiger partial charge in [-0.15, -0.1) is 0 Å². The van der Waals surface area contributed by atoms with E-state index in [4.69, 9.17) is 0 Å². The lowest BCUT2D eigenvalue weighted by atomic mass is 10.1. The number of hydrogen-bond acceptors (Lipinski definition) is 3. The van der Waals surface area contributed by atoms with Gasteiger partial charge in [-0.3, -0.25) is 9.59 Å². The molecule has 6 heteroatoms. The summed E-state index contributed by atoms with van der Waals surface area (Å²) >= 11 is 3.37. The van der Waals surface area contributed by atoms with Gasteiger partial charge in [-0.05, 0) is 58.2 Å². The summed E-state index contributed by atoms with van der Waals surface area (Å²) in [5.74, 6) is 0.203. The molecule has 2 aromatic rings. The zero-order valence-corrected chi connectivity index (χ0v) is 12.8. The standard InChI is InChI=1S/C15H12BrN3O2/c1-8-4-13(17-7-11(8)16)19-15(21)9-2-3-12-10(5-9)6-14(20)18-12/h2-5,7H,6H2,1H3,(H,18,20)(H,17,19,21). The first-order valence-electron chi connectivity index (χ1n) is 6.39. The summed E-state index contributed by atoms with van der Waals surface area (Å²) in [6.45, 7) is 1.92. The molecule has 0 spiro atoms. The molecule has 0 fully saturated rings. The molecule has 0 atom stereocenters. The largest absolute Gasteiger partial charge is 0.326 e. The topological polar surface area (TPSA) is 71.1 Å². The highest BCUT2D eigenvalue weighted by atomic mass is 79.9. The van der Waals surface area contributed by atoms with Crippen molar-refractivity contribution in [3.05, 3.63) is 51.6 Å². The summed E-state index contributed by atoms with van der Waals surface area (Å²) < 4.78 is 0.891. The van der Waals surface area contributed by atoms with Crippen LogP contribution in [-0.2, 0) is 11.2 Å². The van der Waals surface area contributed by atoms with E-state index in [1.807, 2.05) is 6.92 Å². The van der Waals surface area contributed by atoms with E-state index in [0.29, 0.717) is 17.8 Å². The normalized spacial score (nSPS) is 12.8. The first kappa shape index (κ1) is 13.8. The molecule has 2 amide bonds. The minimum Gasteiger partial charge on any atom is -0.326 e. The molecular weight excluding hydrogens is 334 g/mol. The Hall–Kier alpha value is -2.21. The first-order valence-corrected chi connectivity index (χ1v) is 7.18. The number of rotatable bonds is 2. The highest BCUT2D eigenvalue weighted by molar-refractivity contribution is 9.10.